The number of benzene rings is 1. The Balaban J connectivity index is 1.81. The van der Waals surface area contributed by atoms with E-state index in [0.29, 0.717) is 19.5 Å². The highest BCUT2D eigenvalue weighted by Crippen LogP contribution is 2.26. The molecule has 8 heteroatoms. The van der Waals surface area contributed by atoms with E-state index in [1.54, 1.807) is 12.4 Å². The highest BCUT2D eigenvalue weighted by Gasteiger charge is 2.34. The Morgan fingerprint density at radius 1 is 1.15 bits per heavy atom. The predicted molar refractivity (Wildman–Crippen MR) is 68.8 cm³/mol. The minimum absolute atomic E-state index is 0.0553. The van der Waals surface area contributed by atoms with Crippen molar-refractivity contribution >= 4 is 10.0 Å². The van der Waals surface area contributed by atoms with Gasteiger partial charge in [-0.3, -0.25) is 0 Å². The van der Waals surface area contributed by atoms with E-state index in [1.165, 1.54) is 21.2 Å². The Morgan fingerprint density at radius 2 is 1.80 bits per heavy atom. The third-order valence-corrected chi connectivity index (χ3v) is 5.22. The molecule has 0 saturated carbocycles. The smallest absolute Gasteiger partial charge is 0.207 e. The summed E-state index contributed by atoms with van der Waals surface area (Å²) in [5.41, 5.74) is 0. The largest absolute Gasteiger partial charge is 0.243 e. The molecule has 1 aromatic heterocycles. The Bertz CT molecular complexity index is 685. The summed E-state index contributed by atoms with van der Waals surface area (Å²) in [5, 5.41) is 8.07. The summed E-state index contributed by atoms with van der Waals surface area (Å²) in [6, 6.07) is 4.81. The molecule has 20 heavy (non-hydrogen) atoms. The molecule has 1 fully saturated rings. The van der Waals surface area contributed by atoms with Crippen LogP contribution < -0.4 is 0 Å². The molecule has 6 nitrogen and oxygen atoms in total. The van der Waals surface area contributed by atoms with Gasteiger partial charge >= 0.3 is 0 Å². The fraction of sp³-hybridized carbons (Fsp3) is 0.333. The summed E-state index contributed by atoms with van der Waals surface area (Å²) in [6.07, 6.45) is 3.80. The first-order chi connectivity index (χ1) is 9.57. The highest BCUT2D eigenvalue weighted by molar-refractivity contribution is 7.89. The normalized spacial score (nSPS) is 20.4. The average molecular weight is 296 g/mol. The minimum atomic E-state index is -3.58. The van der Waals surface area contributed by atoms with Crippen molar-refractivity contribution in [3.63, 3.8) is 0 Å². The maximum atomic E-state index is 12.9. The molecule has 1 aliphatic rings. The van der Waals surface area contributed by atoms with Crippen LogP contribution in [0.3, 0.4) is 0 Å². The van der Waals surface area contributed by atoms with Crippen LogP contribution in [-0.2, 0) is 10.0 Å². The standard InChI is InChI=1S/C12H13FN4O2S/c13-10-1-3-12(4-2-10)20(18,19)16-8-5-11(9-16)17-14-6-7-15-17/h1-4,6-7,11H,5,8-9H2. The Kier molecular flexibility index (Phi) is 3.27. The van der Waals surface area contributed by atoms with Gasteiger partial charge in [0.1, 0.15) is 5.82 Å². The molecule has 1 atom stereocenters. The van der Waals surface area contributed by atoms with Crippen molar-refractivity contribution in [3.05, 3.63) is 42.5 Å². The topological polar surface area (TPSA) is 68.1 Å². The van der Waals surface area contributed by atoms with Gasteiger partial charge in [-0.05, 0) is 30.7 Å². The van der Waals surface area contributed by atoms with Gasteiger partial charge in [0.15, 0.2) is 0 Å². The summed E-state index contributed by atoms with van der Waals surface area (Å²) >= 11 is 0. The van der Waals surface area contributed by atoms with Crippen molar-refractivity contribution < 1.29 is 12.8 Å². The zero-order valence-electron chi connectivity index (χ0n) is 10.6. The fourth-order valence-electron chi connectivity index (χ4n) is 2.29. The first-order valence-electron chi connectivity index (χ1n) is 6.19. The van der Waals surface area contributed by atoms with Crippen molar-refractivity contribution in [2.45, 2.75) is 17.4 Å². The Hall–Kier alpha value is -1.80. The molecule has 0 bridgehead atoms. The molecule has 0 aliphatic carbocycles. The van der Waals surface area contributed by atoms with Crippen molar-refractivity contribution in [1.29, 1.82) is 0 Å². The average Bonchev–Trinajstić information content (AvgIpc) is 3.10. The summed E-state index contributed by atoms with van der Waals surface area (Å²) in [6.45, 7) is 0.736. The van der Waals surface area contributed by atoms with E-state index in [4.69, 9.17) is 0 Å². The van der Waals surface area contributed by atoms with Gasteiger partial charge in [-0.25, -0.2) is 12.8 Å². The maximum Gasteiger partial charge on any atom is 0.243 e. The second-order valence-electron chi connectivity index (χ2n) is 4.61. The van der Waals surface area contributed by atoms with E-state index in [0.717, 1.165) is 12.1 Å². The van der Waals surface area contributed by atoms with Crippen molar-refractivity contribution in [2.24, 2.45) is 0 Å². The maximum absolute atomic E-state index is 12.9. The molecule has 0 amide bonds. The number of hydrogen-bond donors (Lipinski definition) is 0. The van der Waals surface area contributed by atoms with Crippen LogP contribution in [0.1, 0.15) is 12.5 Å². The monoisotopic (exact) mass is 296 g/mol. The lowest BCUT2D eigenvalue weighted by molar-refractivity contribution is 0.402. The third-order valence-electron chi connectivity index (χ3n) is 3.34. The van der Waals surface area contributed by atoms with Crippen LogP contribution in [-0.4, -0.2) is 40.8 Å². The molecule has 106 valence electrons. The lowest BCUT2D eigenvalue weighted by Gasteiger charge is -2.16. The molecule has 1 saturated heterocycles. The van der Waals surface area contributed by atoms with Gasteiger partial charge in [-0.15, -0.1) is 0 Å². The molecule has 0 radical (unpaired) electrons. The highest BCUT2D eigenvalue weighted by atomic mass is 32.2. The molecule has 1 unspecified atom stereocenters. The zero-order chi connectivity index (χ0) is 14.2. The predicted octanol–water partition coefficient (Wildman–Crippen LogP) is 1.05. The van der Waals surface area contributed by atoms with Crippen LogP contribution in [0.4, 0.5) is 4.39 Å². The van der Waals surface area contributed by atoms with Gasteiger partial charge in [-0.2, -0.15) is 19.3 Å². The van der Waals surface area contributed by atoms with Crippen LogP contribution in [0.5, 0.6) is 0 Å². The van der Waals surface area contributed by atoms with Crippen LogP contribution in [0.15, 0.2) is 41.6 Å². The number of sulfonamides is 1. The summed E-state index contributed by atoms with van der Waals surface area (Å²) < 4.78 is 39.1. The second-order valence-corrected chi connectivity index (χ2v) is 6.55. The molecule has 0 N–H and O–H groups in total. The number of rotatable bonds is 3. The van der Waals surface area contributed by atoms with Crippen molar-refractivity contribution in [2.75, 3.05) is 13.1 Å². The van der Waals surface area contributed by atoms with Gasteiger partial charge < -0.3 is 0 Å². The molecule has 0 spiro atoms. The minimum Gasteiger partial charge on any atom is -0.207 e. The second kappa shape index (κ2) is 4.95. The van der Waals surface area contributed by atoms with E-state index in [-0.39, 0.29) is 10.9 Å². The van der Waals surface area contributed by atoms with E-state index in [9.17, 15) is 12.8 Å². The van der Waals surface area contributed by atoms with E-state index < -0.39 is 15.8 Å². The lowest BCUT2D eigenvalue weighted by Crippen LogP contribution is -2.29. The Labute approximate surface area is 115 Å². The molecular formula is C12H13FN4O2S. The quantitative estimate of drug-likeness (QED) is 0.849. The van der Waals surface area contributed by atoms with Gasteiger partial charge in [0, 0.05) is 13.1 Å². The summed E-state index contributed by atoms with van der Waals surface area (Å²) in [5.74, 6) is -0.455. The van der Waals surface area contributed by atoms with Gasteiger partial charge in [-0.1, -0.05) is 0 Å². The van der Waals surface area contributed by atoms with Crippen LogP contribution in [0, 0.1) is 5.82 Å². The third kappa shape index (κ3) is 2.32. The van der Waals surface area contributed by atoms with Gasteiger partial charge in [0.2, 0.25) is 10.0 Å². The van der Waals surface area contributed by atoms with Crippen LogP contribution in [0.2, 0.25) is 0 Å². The van der Waals surface area contributed by atoms with Crippen LogP contribution in [0.25, 0.3) is 0 Å². The number of halogens is 1. The summed E-state index contributed by atoms with van der Waals surface area (Å²) in [4.78, 5) is 1.63. The lowest BCUT2D eigenvalue weighted by atomic mass is 10.3. The first-order valence-corrected chi connectivity index (χ1v) is 7.63. The molecule has 2 heterocycles. The molecule has 1 aliphatic heterocycles. The van der Waals surface area contributed by atoms with Gasteiger partial charge in [0.25, 0.3) is 0 Å². The van der Waals surface area contributed by atoms with Gasteiger partial charge in [0.05, 0.1) is 23.3 Å². The van der Waals surface area contributed by atoms with E-state index >= 15 is 0 Å². The van der Waals surface area contributed by atoms with E-state index in [2.05, 4.69) is 10.2 Å². The zero-order valence-corrected chi connectivity index (χ0v) is 11.4. The molecule has 1 aromatic carbocycles. The number of aromatic nitrogens is 3. The number of hydrogen-bond acceptors (Lipinski definition) is 4. The van der Waals surface area contributed by atoms with Crippen LogP contribution >= 0.6 is 0 Å². The van der Waals surface area contributed by atoms with E-state index in [1.807, 2.05) is 0 Å². The summed E-state index contributed by atoms with van der Waals surface area (Å²) in [7, 11) is -3.58. The number of nitrogens with zero attached hydrogens (tertiary/aromatic N) is 4. The molecule has 2 aromatic rings. The molecule has 3 rings (SSSR count). The first kappa shape index (κ1) is 13.2. The van der Waals surface area contributed by atoms with Crippen molar-refractivity contribution in [1.82, 2.24) is 19.3 Å². The Morgan fingerprint density at radius 3 is 2.45 bits per heavy atom. The van der Waals surface area contributed by atoms with Crippen molar-refractivity contribution in [3.8, 4) is 0 Å². The fourth-order valence-corrected chi connectivity index (χ4v) is 3.78. The molecular weight excluding hydrogens is 283 g/mol. The SMILES string of the molecule is O=S(=O)(c1ccc(F)cc1)N1CCC(n2nccn2)C1.